The van der Waals surface area contributed by atoms with Gasteiger partial charge in [-0.05, 0) is 38.1 Å². The zero-order valence-corrected chi connectivity index (χ0v) is 12.4. The standard InChI is InChI=1S/C15H20ClFN2O/c1-18-9-14-15(12-8-10(16)2-5-13(12)17)19(6-7-20-14)11-3-4-11/h2,5,8,11,14-15,18H,3-4,6-7,9H2,1H3. The molecule has 2 fully saturated rings. The normalized spacial score (nSPS) is 27.8. The Balaban J connectivity index is 1.95. The lowest BCUT2D eigenvalue weighted by Gasteiger charge is -2.42. The second-order valence-corrected chi connectivity index (χ2v) is 5.98. The van der Waals surface area contributed by atoms with Gasteiger partial charge in [0.2, 0.25) is 0 Å². The van der Waals surface area contributed by atoms with Crippen LogP contribution in [0.5, 0.6) is 0 Å². The number of nitrogens with zero attached hydrogens (tertiary/aromatic N) is 1. The third-order valence-corrected chi connectivity index (χ3v) is 4.32. The Morgan fingerprint density at radius 1 is 1.45 bits per heavy atom. The van der Waals surface area contributed by atoms with Crippen LogP contribution in [0.15, 0.2) is 18.2 Å². The Bertz CT molecular complexity index is 479. The molecule has 0 amide bonds. The van der Waals surface area contributed by atoms with Gasteiger partial charge in [-0.2, -0.15) is 0 Å². The lowest BCUT2D eigenvalue weighted by atomic mass is 9.97. The summed E-state index contributed by atoms with van der Waals surface area (Å²) in [6.07, 6.45) is 2.36. The molecule has 3 nitrogen and oxygen atoms in total. The van der Waals surface area contributed by atoms with Crippen molar-refractivity contribution in [1.29, 1.82) is 0 Å². The number of likely N-dealkylation sites (N-methyl/N-ethyl adjacent to an activating group) is 1. The topological polar surface area (TPSA) is 24.5 Å². The van der Waals surface area contributed by atoms with Crippen LogP contribution in [-0.2, 0) is 4.74 Å². The van der Waals surface area contributed by atoms with Crippen LogP contribution in [0, 0.1) is 5.82 Å². The van der Waals surface area contributed by atoms with Gasteiger partial charge in [0.15, 0.2) is 0 Å². The lowest BCUT2D eigenvalue weighted by Crippen LogP contribution is -2.49. The summed E-state index contributed by atoms with van der Waals surface area (Å²) >= 11 is 6.06. The van der Waals surface area contributed by atoms with Crippen molar-refractivity contribution in [3.05, 3.63) is 34.6 Å². The summed E-state index contributed by atoms with van der Waals surface area (Å²) < 4.78 is 20.1. The molecule has 1 heterocycles. The van der Waals surface area contributed by atoms with E-state index < -0.39 is 0 Å². The zero-order valence-electron chi connectivity index (χ0n) is 11.6. The Hall–Kier alpha value is -0.680. The van der Waals surface area contributed by atoms with Crippen molar-refractivity contribution >= 4 is 11.6 Å². The van der Waals surface area contributed by atoms with E-state index >= 15 is 0 Å². The van der Waals surface area contributed by atoms with E-state index in [1.165, 1.54) is 18.9 Å². The van der Waals surface area contributed by atoms with Gasteiger partial charge in [-0.15, -0.1) is 0 Å². The van der Waals surface area contributed by atoms with Gasteiger partial charge in [0.1, 0.15) is 5.82 Å². The van der Waals surface area contributed by atoms with Gasteiger partial charge in [0.05, 0.1) is 18.8 Å². The molecule has 1 N–H and O–H groups in total. The van der Waals surface area contributed by atoms with Gasteiger partial charge in [-0.25, -0.2) is 4.39 Å². The first kappa shape index (κ1) is 14.3. The third-order valence-electron chi connectivity index (χ3n) is 4.09. The average Bonchev–Trinajstić information content (AvgIpc) is 3.26. The van der Waals surface area contributed by atoms with E-state index in [1.807, 2.05) is 7.05 Å². The van der Waals surface area contributed by atoms with Crippen LogP contribution in [0.2, 0.25) is 5.02 Å². The molecule has 1 aliphatic carbocycles. The summed E-state index contributed by atoms with van der Waals surface area (Å²) in [4.78, 5) is 2.39. The highest BCUT2D eigenvalue weighted by atomic mass is 35.5. The van der Waals surface area contributed by atoms with Crippen molar-refractivity contribution in [2.45, 2.75) is 31.0 Å². The first-order valence-electron chi connectivity index (χ1n) is 7.17. The number of ether oxygens (including phenoxy) is 1. The van der Waals surface area contributed by atoms with Crippen LogP contribution in [-0.4, -0.2) is 43.8 Å². The molecule has 1 aliphatic heterocycles. The molecule has 1 aromatic rings. The minimum Gasteiger partial charge on any atom is -0.374 e. The molecule has 1 saturated carbocycles. The van der Waals surface area contributed by atoms with E-state index in [0.717, 1.165) is 6.54 Å². The minimum atomic E-state index is -0.198. The summed E-state index contributed by atoms with van der Waals surface area (Å²) in [5.74, 6) is -0.198. The third kappa shape index (κ3) is 2.84. The van der Waals surface area contributed by atoms with Gasteiger partial charge in [-0.1, -0.05) is 11.6 Å². The van der Waals surface area contributed by atoms with Gasteiger partial charge in [-0.3, -0.25) is 4.90 Å². The van der Waals surface area contributed by atoms with Crippen LogP contribution in [0.3, 0.4) is 0 Å². The number of morpholine rings is 1. The second kappa shape index (κ2) is 5.98. The molecular weight excluding hydrogens is 279 g/mol. The second-order valence-electron chi connectivity index (χ2n) is 5.55. The SMILES string of the molecule is CNCC1OCCN(C2CC2)C1c1cc(Cl)ccc1F. The molecule has 5 heteroatoms. The van der Waals surface area contributed by atoms with Crippen molar-refractivity contribution < 1.29 is 9.13 Å². The number of benzene rings is 1. The van der Waals surface area contributed by atoms with E-state index in [0.29, 0.717) is 29.8 Å². The van der Waals surface area contributed by atoms with E-state index in [2.05, 4.69) is 10.2 Å². The molecule has 2 aliphatic rings. The fourth-order valence-electron chi connectivity index (χ4n) is 3.06. The monoisotopic (exact) mass is 298 g/mol. The quantitative estimate of drug-likeness (QED) is 0.925. The van der Waals surface area contributed by atoms with Gasteiger partial charge < -0.3 is 10.1 Å². The molecule has 2 unspecified atom stereocenters. The summed E-state index contributed by atoms with van der Waals surface area (Å²) in [6.45, 7) is 2.28. The molecule has 2 atom stereocenters. The Kier molecular flexibility index (Phi) is 4.26. The van der Waals surface area contributed by atoms with Crippen LogP contribution in [0.1, 0.15) is 24.4 Å². The van der Waals surface area contributed by atoms with Crippen LogP contribution < -0.4 is 5.32 Å². The average molecular weight is 299 g/mol. The minimum absolute atomic E-state index is 0.0395. The highest BCUT2D eigenvalue weighted by molar-refractivity contribution is 6.30. The fourth-order valence-corrected chi connectivity index (χ4v) is 3.24. The Morgan fingerprint density at radius 3 is 2.95 bits per heavy atom. The predicted octanol–water partition coefficient (Wildman–Crippen LogP) is 2.60. The highest BCUT2D eigenvalue weighted by Crippen LogP contribution is 2.40. The molecule has 3 rings (SSSR count). The van der Waals surface area contributed by atoms with Crippen molar-refractivity contribution in [3.8, 4) is 0 Å². The smallest absolute Gasteiger partial charge is 0.128 e. The zero-order chi connectivity index (χ0) is 14.1. The maximum atomic E-state index is 14.3. The van der Waals surface area contributed by atoms with Crippen LogP contribution >= 0.6 is 11.6 Å². The van der Waals surface area contributed by atoms with Crippen molar-refractivity contribution in [3.63, 3.8) is 0 Å². The van der Waals surface area contributed by atoms with E-state index in [-0.39, 0.29) is 18.0 Å². The van der Waals surface area contributed by atoms with Gasteiger partial charge >= 0.3 is 0 Å². The van der Waals surface area contributed by atoms with Crippen LogP contribution in [0.25, 0.3) is 0 Å². The molecule has 110 valence electrons. The molecule has 1 saturated heterocycles. The number of rotatable bonds is 4. The predicted molar refractivity (Wildman–Crippen MR) is 77.5 cm³/mol. The molecular formula is C15H20ClFN2O. The summed E-state index contributed by atoms with van der Waals surface area (Å²) in [6, 6.07) is 5.31. The summed E-state index contributed by atoms with van der Waals surface area (Å²) in [5.41, 5.74) is 0.657. The lowest BCUT2D eigenvalue weighted by molar-refractivity contribution is -0.0749. The first-order chi connectivity index (χ1) is 9.70. The van der Waals surface area contributed by atoms with E-state index in [1.54, 1.807) is 12.1 Å². The molecule has 0 bridgehead atoms. The molecule has 0 radical (unpaired) electrons. The molecule has 1 aromatic carbocycles. The maximum absolute atomic E-state index is 14.3. The summed E-state index contributed by atoms with van der Waals surface area (Å²) in [7, 11) is 1.89. The van der Waals surface area contributed by atoms with Crippen LogP contribution in [0.4, 0.5) is 4.39 Å². The van der Waals surface area contributed by atoms with Gasteiger partial charge in [0.25, 0.3) is 0 Å². The fraction of sp³-hybridized carbons (Fsp3) is 0.600. The van der Waals surface area contributed by atoms with Crippen molar-refractivity contribution in [2.24, 2.45) is 0 Å². The first-order valence-corrected chi connectivity index (χ1v) is 7.55. The number of hydrogen-bond acceptors (Lipinski definition) is 3. The van der Waals surface area contributed by atoms with Gasteiger partial charge in [0, 0.05) is 29.7 Å². The summed E-state index contributed by atoms with van der Waals surface area (Å²) in [5, 5.41) is 3.72. The Labute approximate surface area is 124 Å². The number of halogens is 2. The number of hydrogen-bond donors (Lipinski definition) is 1. The maximum Gasteiger partial charge on any atom is 0.128 e. The highest BCUT2D eigenvalue weighted by Gasteiger charge is 2.42. The van der Waals surface area contributed by atoms with E-state index in [9.17, 15) is 4.39 Å². The van der Waals surface area contributed by atoms with E-state index in [4.69, 9.17) is 16.3 Å². The molecule has 0 aromatic heterocycles. The van der Waals surface area contributed by atoms with Crippen molar-refractivity contribution in [2.75, 3.05) is 26.7 Å². The van der Waals surface area contributed by atoms with Crippen molar-refractivity contribution in [1.82, 2.24) is 10.2 Å². The number of nitrogens with one attached hydrogen (secondary N) is 1. The largest absolute Gasteiger partial charge is 0.374 e. The molecule has 0 spiro atoms. The Morgan fingerprint density at radius 2 is 2.25 bits per heavy atom. The molecule has 20 heavy (non-hydrogen) atoms.